The average molecular weight is 305 g/mol. The molecule has 0 aliphatic carbocycles. The van der Waals surface area contributed by atoms with Gasteiger partial charge in [-0.25, -0.2) is 4.98 Å². The van der Waals surface area contributed by atoms with Crippen LogP contribution in [0.4, 0.5) is 5.13 Å². The monoisotopic (exact) mass is 305 g/mol. The van der Waals surface area contributed by atoms with Gasteiger partial charge in [-0.15, -0.1) is 11.3 Å². The number of aromatic nitrogens is 1. The largest absolute Gasteiger partial charge is 0.507 e. The lowest BCUT2D eigenvalue weighted by Crippen LogP contribution is -2.41. The molecule has 1 aromatic rings. The summed E-state index contributed by atoms with van der Waals surface area (Å²) in [6.07, 6.45) is -0.359. The van der Waals surface area contributed by atoms with E-state index in [0.29, 0.717) is 11.3 Å². The Morgan fingerprint density at radius 3 is 2.50 bits per heavy atom. The maximum absolute atomic E-state index is 8.14. The molecule has 0 unspecified atom stereocenters. The van der Waals surface area contributed by atoms with Crippen LogP contribution >= 0.6 is 11.3 Å². The molecule has 0 atom stereocenters. The molecule has 0 aromatic carbocycles. The highest BCUT2D eigenvalue weighted by atomic mass is 32.1. The lowest BCUT2D eigenvalue weighted by Gasteiger charge is -2.32. The van der Waals surface area contributed by atoms with Crippen LogP contribution in [0.3, 0.4) is 0 Å². The summed E-state index contributed by atoms with van der Waals surface area (Å²) in [7, 11) is -1.01. The molecule has 2 aliphatic rings. The fourth-order valence-corrected chi connectivity index (χ4v) is 2.43. The van der Waals surface area contributed by atoms with E-state index in [1.54, 1.807) is 27.7 Å². The maximum Gasteiger partial charge on any atom is 0.507 e. The Balaban J connectivity index is 2.08. The third-order valence-corrected chi connectivity index (χ3v) is 4.50. The average Bonchev–Trinajstić information content (AvgIpc) is 2.93. The van der Waals surface area contributed by atoms with Gasteiger partial charge in [0.25, 0.3) is 0 Å². The molecule has 0 saturated carbocycles. The maximum atomic E-state index is 8.14. The van der Waals surface area contributed by atoms with Gasteiger partial charge >= 0.3 is 7.12 Å². The second-order valence-corrected chi connectivity index (χ2v) is 6.44. The minimum Gasteiger partial charge on any atom is -0.399 e. The van der Waals surface area contributed by atoms with E-state index in [4.69, 9.17) is 21.6 Å². The minimum absolute atomic E-state index is 0.137. The van der Waals surface area contributed by atoms with Crippen molar-refractivity contribution in [3.63, 3.8) is 0 Å². The van der Waals surface area contributed by atoms with E-state index < -0.39 is 49.6 Å². The molecule has 110 valence electrons. The van der Waals surface area contributed by atoms with E-state index >= 15 is 0 Å². The predicted molar refractivity (Wildman–Crippen MR) is 80.9 cm³/mol. The summed E-state index contributed by atoms with van der Waals surface area (Å²) in [6.45, 7) is -5.41. The van der Waals surface area contributed by atoms with E-state index in [1.165, 1.54) is 0 Å². The number of rotatable bonds is 2. The molecule has 2 aliphatic heterocycles. The predicted octanol–water partition coefficient (Wildman–Crippen LogP) is 1.28. The van der Waals surface area contributed by atoms with Gasteiger partial charge < -0.3 is 18.9 Å². The Morgan fingerprint density at radius 1 is 1.30 bits per heavy atom. The van der Waals surface area contributed by atoms with Gasteiger partial charge in [0.2, 0.25) is 0 Å². The van der Waals surface area contributed by atoms with Gasteiger partial charge in [0.05, 0.1) is 41.4 Å². The lowest BCUT2D eigenvalue weighted by atomic mass is 9.89. The van der Waals surface area contributed by atoms with Crippen molar-refractivity contribution >= 4 is 28.4 Å². The van der Waals surface area contributed by atoms with Crippen LogP contribution in [0, 0.1) is 0 Å². The topological polar surface area (TPSA) is 43.8 Å². The summed E-state index contributed by atoms with van der Waals surface area (Å²) in [5.74, 6) is 0. The van der Waals surface area contributed by atoms with Gasteiger partial charge in [0.1, 0.15) is 0 Å². The Hall–Kier alpha value is -0.625. The Kier molecular flexibility index (Phi) is 1.77. The highest BCUT2D eigenvalue weighted by molar-refractivity contribution is 7.25. The van der Waals surface area contributed by atoms with Crippen LogP contribution in [0.15, 0.2) is 6.17 Å². The first-order valence-corrected chi connectivity index (χ1v) is 6.92. The van der Waals surface area contributed by atoms with E-state index in [0.717, 1.165) is 0 Å². The molecular formula is C13H21BN2O3S. The van der Waals surface area contributed by atoms with Crippen molar-refractivity contribution in [2.24, 2.45) is 0 Å². The number of thiazole rings is 1. The highest BCUT2D eigenvalue weighted by Crippen LogP contribution is 2.37. The van der Waals surface area contributed by atoms with Gasteiger partial charge in [-0.05, 0) is 27.7 Å². The normalized spacial score (nSPS) is 41.9. The zero-order chi connectivity index (χ0) is 22.4. The van der Waals surface area contributed by atoms with Gasteiger partial charge in [0, 0.05) is 19.2 Å². The van der Waals surface area contributed by atoms with Crippen molar-refractivity contribution in [2.75, 3.05) is 31.0 Å². The summed E-state index contributed by atoms with van der Waals surface area (Å²) in [6, 6.07) is 0. The summed E-state index contributed by atoms with van der Waals surface area (Å²) < 4.78 is 88.0. The second-order valence-electron chi connectivity index (χ2n) is 5.43. The first kappa shape index (κ1) is 7.09. The molecule has 0 spiro atoms. The van der Waals surface area contributed by atoms with Crippen molar-refractivity contribution in [2.45, 2.75) is 38.9 Å². The van der Waals surface area contributed by atoms with E-state index in [9.17, 15) is 0 Å². The van der Waals surface area contributed by atoms with Crippen molar-refractivity contribution in [1.29, 1.82) is 0 Å². The van der Waals surface area contributed by atoms with Crippen LogP contribution in [0.1, 0.15) is 40.0 Å². The van der Waals surface area contributed by atoms with Gasteiger partial charge in [-0.2, -0.15) is 0 Å². The standard InChI is InChI=1S/C13H21BN2O3S/c1-12(2)13(3,4)19-14(18-12)10-9-15-11(20-10)16-5-7-17-8-6-16/h9H,5-8H2,1-4H3/i5D2,6D2,7D2,8D2,9D. The van der Waals surface area contributed by atoms with Crippen LogP contribution in [-0.2, 0) is 14.0 Å². The minimum atomic E-state index is -3.19. The van der Waals surface area contributed by atoms with E-state index in [-0.39, 0.29) is 15.8 Å². The number of hydrogen-bond acceptors (Lipinski definition) is 6. The molecule has 0 radical (unpaired) electrons. The Labute approximate surface area is 137 Å². The molecule has 0 amide bonds. The van der Waals surface area contributed by atoms with Crippen molar-refractivity contribution in [1.82, 2.24) is 4.98 Å². The lowest BCUT2D eigenvalue weighted by molar-refractivity contribution is 0.00578. The number of hydrogen-bond donors (Lipinski definition) is 0. The fraction of sp³-hybridized carbons (Fsp3) is 0.769. The molecule has 2 fully saturated rings. The van der Waals surface area contributed by atoms with Gasteiger partial charge in [-0.3, -0.25) is 0 Å². The molecular weight excluding hydrogens is 275 g/mol. The molecule has 0 bridgehead atoms. The number of ether oxygens (including phenoxy) is 1. The van der Waals surface area contributed by atoms with Crippen LogP contribution < -0.4 is 9.68 Å². The van der Waals surface area contributed by atoms with Crippen molar-refractivity contribution in [3.05, 3.63) is 6.17 Å². The van der Waals surface area contributed by atoms with Crippen molar-refractivity contribution in [3.8, 4) is 0 Å². The van der Waals surface area contributed by atoms with Crippen LogP contribution in [0.25, 0.3) is 0 Å². The summed E-state index contributed by atoms with van der Waals surface area (Å²) >= 11 is 0.679. The first-order valence-electron chi connectivity index (χ1n) is 10.6. The third-order valence-electron chi connectivity index (χ3n) is 3.54. The molecule has 0 N–H and O–H groups in total. The van der Waals surface area contributed by atoms with Crippen LogP contribution in [-0.4, -0.2) is 49.4 Å². The smallest absolute Gasteiger partial charge is 0.399 e. The molecule has 3 heterocycles. The first-order chi connectivity index (χ1) is 12.8. The zero-order valence-corrected chi connectivity index (χ0v) is 12.4. The van der Waals surface area contributed by atoms with E-state index in [2.05, 4.69) is 9.72 Å². The SMILES string of the molecule is [2H]c1nc(N2C([2H])([2H])C([2H])([2H])OC([2H])([2H])C2([2H])[2H])sc1B1OC(C)(C)C(C)(C)O1. The van der Waals surface area contributed by atoms with E-state index in [1.807, 2.05) is 0 Å². The summed E-state index contributed by atoms with van der Waals surface area (Å²) in [5.41, 5.74) is -1.43. The van der Waals surface area contributed by atoms with Crippen LogP contribution in [0.2, 0.25) is 0 Å². The fourth-order valence-electron chi connectivity index (χ4n) is 1.68. The highest BCUT2D eigenvalue weighted by Gasteiger charge is 2.52. The van der Waals surface area contributed by atoms with Gasteiger partial charge in [-0.1, -0.05) is 0 Å². The number of morpholine rings is 1. The third kappa shape index (κ3) is 2.48. The zero-order valence-electron chi connectivity index (χ0n) is 20.6. The Bertz CT molecular complexity index is 790. The molecule has 20 heavy (non-hydrogen) atoms. The van der Waals surface area contributed by atoms with Gasteiger partial charge in [0.15, 0.2) is 5.13 Å². The van der Waals surface area contributed by atoms with Crippen LogP contribution in [0.5, 0.6) is 0 Å². The molecule has 5 nitrogen and oxygen atoms in total. The summed E-state index contributed by atoms with van der Waals surface area (Å²) in [4.78, 5) is 4.13. The molecule has 3 rings (SSSR count). The van der Waals surface area contributed by atoms with Crippen molar-refractivity contribution < 1.29 is 26.4 Å². The summed E-state index contributed by atoms with van der Waals surface area (Å²) in [5, 5.41) is -0.425. The number of nitrogens with zero attached hydrogens (tertiary/aromatic N) is 2. The number of anilines is 1. The Morgan fingerprint density at radius 2 is 1.90 bits per heavy atom. The molecule has 1 aromatic heterocycles. The molecule has 7 heteroatoms. The second kappa shape index (κ2) is 4.98. The quantitative estimate of drug-likeness (QED) is 0.770. The molecule has 2 saturated heterocycles.